The summed E-state index contributed by atoms with van der Waals surface area (Å²) in [6.45, 7) is 1.61. The molecule has 0 bridgehead atoms. The Bertz CT molecular complexity index is 734. The molecule has 132 valence electrons. The maximum Gasteiger partial charge on any atom is 0.316 e. The first-order chi connectivity index (χ1) is 11.9. The van der Waals surface area contributed by atoms with E-state index in [9.17, 15) is 14.0 Å². The number of likely N-dealkylation sites (N-methyl/N-ethyl adjacent to an activating group) is 1. The van der Waals surface area contributed by atoms with Crippen molar-refractivity contribution in [3.63, 3.8) is 0 Å². The molecule has 0 aliphatic carbocycles. The molecule has 5 nitrogen and oxygen atoms in total. The summed E-state index contributed by atoms with van der Waals surface area (Å²) in [4.78, 5) is 25.6. The molecule has 0 saturated heterocycles. The summed E-state index contributed by atoms with van der Waals surface area (Å²) in [6.07, 6.45) is 0. The van der Waals surface area contributed by atoms with Gasteiger partial charge in [0, 0.05) is 14.1 Å². The van der Waals surface area contributed by atoms with Crippen molar-refractivity contribution < 1.29 is 14.0 Å². The zero-order valence-electron chi connectivity index (χ0n) is 14.5. The molecule has 0 aliphatic rings. The molecule has 2 aromatic rings. The largest absolute Gasteiger partial charge is 0.347 e. The fraction of sp³-hybridized carbons (Fsp3) is 0.263. The minimum absolute atomic E-state index is 0.211. The van der Waals surface area contributed by atoms with Crippen LogP contribution in [0.15, 0.2) is 54.6 Å². The van der Waals surface area contributed by atoms with E-state index in [1.165, 1.54) is 17.0 Å². The van der Waals surface area contributed by atoms with Crippen LogP contribution in [0.25, 0.3) is 0 Å². The van der Waals surface area contributed by atoms with Gasteiger partial charge in [-0.1, -0.05) is 42.5 Å². The fourth-order valence-corrected chi connectivity index (χ4v) is 2.51. The van der Waals surface area contributed by atoms with Crippen molar-refractivity contribution in [1.29, 1.82) is 0 Å². The topological polar surface area (TPSA) is 61.4 Å². The minimum atomic E-state index is -0.668. The molecule has 0 aromatic heterocycles. The highest BCUT2D eigenvalue weighted by atomic mass is 19.1. The van der Waals surface area contributed by atoms with Crippen molar-refractivity contribution in [2.45, 2.75) is 19.0 Å². The van der Waals surface area contributed by atoms with E-state index in [0.717, 1.165) is 5.56 Å². The molecule has 6 heteroatoms. The van der Waals surface area contributed by atoms with Crippen molar-refractivity contribution in [2.24, 2.45) is 0 Å². The Labute approximate surface area is 146 Å². The molecule has 0 spiro atoms. The molecule has 2 N–H and O–H groups in total. The number of halogens is 1. The van der Waals surface area contributed by atoms with Gasteiger partial charge in [-0.25, -0.2) is 9.18 Å². The summed E-state index contributed by atoms with van der Waals surface area (Å²) in [5.41, 5.74) is 1.43. The van der Waals surface area contributed by atoms with Gasteiger partial charge in [-0.3, -0.25) is 4.79 Å². The lowest BCUT2D eigenvalue weighted by molar-refractivity contribution is -0.130. The summed E-state index contributed by atoms with van der Waals surface area (Å²) in [7, 11) is 3.25. The third-order valence-corrected chi connectivity index (χ3v) is 3.75. The molecule has 0 saturated carbocycles. The number of carbonyl (C=O) groups excluding carboxylic acids is 2. The summed E-state index contributed by atoms with van der Waals surface area (Å²) >= 11 is 0. The van der Waals surface area contributed by atoms with E-state index in [2.05, 4.69) is 10.6 Å². The number of amides is 3. The summed E-state index contributed by atoms with van der Waals surface area (Å²) in [6, 6.07) is 13.6. The molecule has 0 radical (unpaired) electrons. The van der Waals surface area contributed by atoms with E-state index in [1.54, 1.807) is 33.2 Å². The second kappa shape index (κ2) is 8.28. The molecular weight excluding hydrogens is 321 g/mol. The summed E-state index contributed by atoms with van der Waals surface area (Å²) in [5.74, 6) is -0.589. The number of hydrogen-bond donors (Lipinski definition) is 2. The SMILES string of the molecule is CC(NC(=O)NC(c1ccccc1)c1cccc(F)c1)C(=O)N(C)C. The lowest BCUT2D eigenvalue weighted by Crippen LogP contribution is -2.48. The van der Waals surface area contributed by atoms with Crippen molar-refractivity contribution >= 4 is 11.9 Å². The van der Waals surface area contributed by atoms with Crippen molar-refractivity contribution in [3.05, 3.63) is 71.5 Å². The highest BCUT2D eigenvalue weighted by Crippen LogP contribution is 2.22. The number of urea groups is 1. The van der Waals surface area contributed by atoms with Crippen molar-refractivity contribution in [1.82, 2.24) is 15.5 Å². The fourth-order valence-electron chi connectivity index (χ4n) is 2.51. The van der Waals surface area contributed by atoms with Gasteiger partial charge in [-0.15, -0.1) is 0 Å². The van der Waals surface area contributed by atoms with E-state index >= 15 is 0 Å². The smallest absolute Gasteiger partial charge is 0.316 e. The number of rotatable bonds is 5. The van der Waals surface area contributed by atoms with E-state index < -0.39 is 18.1 Å². The maximum atomic E-state index is 13.6. The minimum Gasteiger partial charge on any atom is -0.347 e. The highest BCUT2D eigenvalue weighted by molar-refractivity contribution is 5.86. The molecule has 2 unspecified atom stereocenters. The predicted molar refractivity (Wildman–Crippen MR) is 94.5 cm³/mol. The van der Waals surface area contributed by atoms with Gasteiger partial charge in [0.25, 0.3) is 0 Å². The molecule has 2 rings (SSSR count). The normalized spacial score (nSPS) is 12.8. The Balaban J connectivity index is 2.20. The average molecular weight is 343 g/mol. The Morgan fingerprint density at radius 2 is 1.60 bits per heavy atom. The summed E-state index contributed by atoms with van der Waals surface area (Å²) < 4.78 is 13.6. The third kappa shape index (κ3) is 5.04. The molecule has 0 fully saturated rings. The first-order valence-electron chi connectivity index (χ1n) is 7.97. The zero-order valence-corrected chi connectivity index (χ0v) is 14.5. The number of benzene rings is 2. The second-order valence-electron chi connectivity index (χ2n) is 5.97. The standard InChI is InChI=1S/C19H22FN3O2/c1-13(18(24)23(2)3)21-19(25)22-17(14-8-5-4-6-9-14)15-10-7-11-16(20)12-15/h4-13,17H,1-3H3,(H2,21,22,25). The van der Waals surface area contributed by atoms with Crippen LogP contribution in [0.2, 0.25) is 0 Å². The van der Waals surface area contributed by atoms with Crippen LogP contribution in [0.5, 0.6) is 0 Å². The van der Waals surface area contributed by atoms with Crippen LogP contribution < -0.4 is 10.6 Å². The van der Waals surface area contributed by atoms with Crippen LogP contribution in [-0.2, 0) is 4.79 Å². The van der Waals surface area contributed by atoms with Gasteiger partial charge in [0.15, 0.2) is 0 Å². The predicted octanol–water partition coefficient (Wildman–Crippen LogP) is 2.69. The van der Waals surface area contributed by atoms with Crippen molar-refractivity contribution in [2.75, 3.05) is 14.1 Å². The maximum absolute atomic E-state index is 13.6. The number of nitrogens with zero attached hydrogens (tertiary/aromatic N) is 1. The van der Waals surface area contributed by atoms with Gasteiger partial charge in [0.05, 0.1) is 6.04 Å². The Morgan fingerprint density at radius 3 is 2.20 bits per heavy atom. The number of hydrogen-bond acceptors (Lipinski definition) is 2. The van der Waals surface area contributed by atoms with Gasteiger partial charge in [0.1, 0.15) is 11.9 Å². The Kier molecular flexibility index (Phi) is 6.11. The van der Waals surface area contributed by atoms with Gasteiger partial charge < -0.3 is 15.5 Å². The monoisotopic (exact) mass is 343 g/mol. The second-order valence-corrected chi connectivity index (χ2v) is 5.97. The van der Waals surface area contributed by atoms with Gasteiger partial charge in [0.2, 0.25) is 5.91 Å². The van der Waals surface area contributed by atoms with Crippen LogP contribution in [-0.4, -0.2) is 37.0 Å². The lowest BCUT2D eigenvalue weighted by Gasteiger charge is -2.23. The van der Waals surface area contributed by atoms with Crippen LogP contribution in [0, 0.1) is 5.82 Å². The van der Waals surface area contributed by atoms with Crippen LogP contribution >= 0.6 is 0 Å². The first-order valence-corrected chi connectivity index (χ1v) is 7.97. The number of carbonyl (C=O) groups is 2. The van der Waals surface area contributed by atoms with Crippen LogP contribution in [0.1, 0.15) is 24.1 Å². The first kappa shape index (κ1) is 18.4. The molecule has 25 heavy (non-hydrogen) atoms. The Hall–Kier alpha value is -2.89. The zero-order chi connectivity index (χ0) is 18.4. The Morgan fingerprint density at radius 1 is 0.960 bits per heavy atom. The van der Waals surface area contributed by atoms with E-state index in [0.29, 0.717) is 5.56 Å². The van der Waals surface area contributed by atoms with E-state index in [4.69, 9.17) is 0 Å². The molecule has 0 heterocycles. The van der Waals surface area contributed by atoms with Crippen LogP contribution in [0.3, 0.4) is 0 Å². The molecule has 3 amide bonds. The molecule has 2 atom stereocenters. The van der Waals surface area contributed by atoms with E-state index in [-0.39, 0.29) is 11.7 Å². The third-order valence-electron chi connectivity index (χ3n) is 3.75. The molecular formula is C19H22FN3O2. The molecule has 0 aliphatic heterocycles. The van der Waals surface area contributed by atoms with Gasteiger partial charge in [-0.05, 0) is 30.2 Å². The van der Waals surface area contributed by atoms with Crippen molar-refractivity contribution in [3.8, 4) is 0 Å². The average Bonchev–Trinajstić information content (AvgIpc) is 2.59. The highest BCUT2D eigenvalue weighted by Gasteiger charge is 2.21. The lowest BCUT2D eigenvalue weighted by atomic mass is 9.99. The quantitative estimate of drug-likeness (QED) is 0.877. The van der Waals surface area contributed by atoms with Gasteiger partial charge in [-0.2, -0.15) is 0 Å². The number of nitrogens with one attached hydrogen (secondary N) is 2. The van der Waals surface area contributed by atoms with E-state index in [1.807, 2.05) is 30.3 Å². The summed E-state index contributed by atoms with van der Waals surface area (Å²) in [5, 5.41) is 5.42. The van der Waals surface area contributed by atoms with Gasteiger partial charge >= 0.3 is 6.03 Å². The van der Waals surface area contributed by atoms with Crippen LogP contribution in [0.4, 0.5) is 9.18 Å². The molecule has 2 aromatic carbocycles.